The van der Waals surface area contributed by atoms with Gasteiger partial charge in [0.2, 0.25) is 0 Å². The zero-order valence-corrected chi connectivity index (χ0v) is 14.5. The lowest BCUT2D eigenvalue weighted by molar-refractivity contribution is 0.102. The summed E-state index contributed by atoms with van der Waals surface area (Å²) in [6.07, 6.45) is 0. The summed E-state index contributed by atoms with van der Waals surface area (Å²) in [4.78, 5) is 24.5. The normalized spacial score (nSPS) is 10.7. The van der Waals surface area contributed by atoms with Crippen LogP contribution in [0.1, 0.15) is 22.8 Å². The number of hydrogen-bond donors (Lipinski definition) is 1. The van der Waals surface area contributed by atoms with E-state index >= 15 is 0 Å². The molecule has 0 spiro atoms. The van der Waals surface area contributed by atoms with Crippen LogP contribution in [0.15, 0.2) is 51.7 Å². The molecule has 0 unspecified atom stereocenters. The number of carbonyl (C=O) groups is 1. The first-order valence-electron chi connectivity index (χ1n) is 7.76. The molecule has 3 aromatic rings. The highest BCUT2D eigenvalue weighted by molar-refractivity contribution is 6.31. The Bertz CT molecular complexity index is 1010. The molecule has 128 valence electrons. The average molecular weight is 358 g/mol. The molecular formula is C19H16ClNO4. The molecule has 1 heterocycles. The van der Waals surface area contributed by atoms with Crippen molar-refractivity contribution >= 4 is 34.2 Å². The molecule has 1 aromatic heterocycles. The van der Waals surface area contributed by atoms with Gasteiger partial charge in [-0.2, -0.15) is 0 Å². The van der Waals surface area contributed by atoms with Gasteiger partial charge in [-0.3, -0.25) is 4.79 Å². The zero-order valence-electron chi connectivity index (χ0n) is 13.8. The van der Waals surface area contributed by atoms with Crippen molar-refractivity contribution in [3.8, 4) is 5.75 Å². The van der Waals surface area contributed by atoms with Crippen LogP contribution in [0.4, 0.5) is 5.69 Å². The van der Waals surface area contributed by atoms with Crippen LogP contribution in [0.2, 0.25) is 5.02 Å². The molecule has 0 aliphatic rings. The molecule has 5 nitrogen and oxygen atoms in total. The Kier molecular flexibility index (Phi) is 4.76. The highest BCUT2D eigenvalue weighted by Crippen LogP contribution is 2.24. The molecule has 1 amide bonds. The van der Waals surface area contributed by atoms with Gasteiger partial charge in [-0.25, -0.2) is 4.79 Å². The highest BCUT2D eigenvalue weighted by Gasteiger charge is 2.14. The number of nitrogens with one attached hydrogen (secondary N) is 1. The maximum Gasteiger partial charge on any atom is 0.337 e. The predicted octanol–water partition coefficient (Wildman–Crippen LogP) is 4.41. The number of fused-ring (bicyclic) bond motifs is 1. The van der Waals surface area contributed by atoms with Crippen molar-refractivity contribution in [1.29, 1.82) is 0 Å². The van der Waals surface area contributed by atoms with Gasteiger partial charge in [0, 0.05) is 28.2 Å². The van der Waals surface area contributed by atoms with Crippen molar-refractivity contribution in [2.45, 2.75) is 13.8 Å². The van der Waals surface area contributed by atoms with Gasteiger partial charge in [0.05, 0.1) is 12.2 Å². The Morgan fingerprint density at radius 3 is 2.72 bits per heavy atom. The first-order valence-corrected chi connectivity index (χ1v) is 8.14. The second-order valence-electron chi connectivity index (χ2n) is 5.49. The highest BCUT2D eigenvalue weighted by atomic mass is 35.5. The minimum absolute atomic E-state index is 0.238. The molecule has 6 heteroatoms. The van der Waals surface area contributed by atoms with E-state index in [-0.39, 0.29) is 5.56 Å². The standard InChI is InChI=1S/C19H16ClNO4/c1-3-24-13-5-6-14-15(10-18(22)25-17(14)9-13)19(23)21-12-4-7-16(20)11(2)8-12/h4-10H,3H2,1-2H3,(H,21,23). The van der Waals surface area contributed by atoms with E-state index in [1.807, 2.05) is 13.8 Å². The summed E-state index contributed by atoms with van der Waals surface area (Å²) in [6.45, 7) is 4.20. The van der Waals surface area contributed by atoms with E-state index in [4.69, 9.17) is 20.8 Å². The van der Waals surface area contributed by atoms with Gasteiger partial charge in [0.1, 0.15) is 11.3 Å². The van der Waals surface area contributed by atoms with Crippen molar-refractivity contribution in [3.05, 3.63) is 69.0 Å². The maximum atomic E-state index is 12.6. The minimum atomic E-state index is -0.599. The van der Waals surface area contributed by atoms with Crippen molar-refractivity contribution in [2.75, 3.05) is 11.9 Å². The van der Waals surface area contributed by atoms with Crippen LogP contribution in [0, 0.1) is 6.92 Å². The van der Waals surface area contributed by atoms with E-state index in [2.05, 4.69) is 5.32 Å². The fourth-order valence-corrected chi connectivity index (χ4v) is 2.63. The second kappa shape index (κ2) is 6.99. The number of anilines is 1. The quantitative estimate of drug-likeness (QED) is 0.702. The molecule has 0 radical (unpaired) electrons. The van der Waals surface area contributed by atoms with Crippen molar-refractivity contribution < 1.29 is 13.9 Å². The number of benzene rings is 2. The summed E-state index contributed by atoms with van der Waals surface area (Å²) in [5.74, 6) is 0.174. The Morgan fingerprint density at radius 1 is 1.20 bits per heavy atom. The lowest BCUT2D eigenvalue weighted by Gasteiger charge is -2.09. The second-order valence-corrected chi connectivity index (χ2v) is 5.90. The zero-order chi connectivity index (χ0) is 18.0. The fraction of sp³-hybridized carbons (Fsp3) is 0.158. The topological polar surface area (TPSA) is 68.5 Å². The third-order valence-corrected chi connectivity index (χ3v) is 4.11. The van der Waals surface area contributed by atoms with Gasteiger partial charge in [-0.1, -0.05) is 11.6 Å². The molecule has 1 N–H and O–H groups in total. The molecule has 3 rings (SSSR count). The van der Waals surface area contributed by atoms with Gasteiger partial charge in [-0.05, 0) is 49.7 Å². The van der Waals surface area contributed by atoms with E-state index in [1.54, 1.807) is 36.4 Å². The number of halogens is 1. The van der Waals surface area contributed by atoms with Gasteiger partial charge in [-0.15, -0.1) is 0 Å². The molecule has 0 fully saturated rings. The number of ether oxygens (including phenoxy) is 1. The Balaban J connectivity index is 2.00. The summed E-state index contributed by atoms with van der Waals surface area (Å²) in [7, 11) is 0. The van der Waals surface area contributed by atoms with Crippen LogP contribution < -0.4 is 15.7 Å². The molecule has 2 aromatic carbocycles. The summed E-state index contributed by atoms with van der Waals surface area (Å²) in [6, 6.07) is 11.4. The Labute approximate surface area is 149 Å². The monoisotopic (exact) mass is 357 g/mol. The molecule has 25 heavy (non-hydrogen) atoms. The van der Waals surface area contributed by atoms with Gasteiger partial charge >= 0.3 is 5.63 Å². The number of amides is 1. The predicted molar refractivity (Wildman–Crippen MR) is 97.8 cm³/mol. The lowest BCUT2D eigenvalue weighted by atomic mass is 10.1. The SMILES string of the molecule is CCOc1ccc2c(C(=O)Nc3ccc(Cl)c(C)c3)cc(=O)oc2c1. The van der Waals surface area contributed by atoms with Gasteiger partial charge in [0.15, 0.2) is 0 Å². The third-order valence-electron chi connectivity index (χ3n) is 3.69. The largest absolute Gasteiger partial charge is 0.494 e. The smallest absolute Gasteiger partial charge is 0.337 e. The Morgan fingerprint density at radius 2 is 2.00 bits per heavy atom. The summed E-state index contributed by atoms with van der Waals surface area (Å²) < 4.78 is 10.6. The van der Waals surface area contributed by atoms with Crippen LogP contribution in [0.3, 0.4) is 0 Å². The molecule has 0 aliphatic carbocycles. The van der Waals surface area contributed by atoms with Gasteiger partial charge in [0.25, 0.3) is 5.91 Å². The maximum absolute atomic E-state index is 12.6. The molecule has 0 saturated heterocycles. The van der Waals surface area contributed by atoms with Crippen LogP contribution >= 0.6 is 11.6 Å². The molecule has 0 saturated carbocycles. The number of aryl methyl sites for hydroxylation is 1. The van der Waals surface area contributed by atoms with Crippen LogP contribution in [-0.4, -0.2) is 12.5 Å². The molecule has 0 atom stereocenters. The molecule has 0 aliphatic heterocycles. The average Bonchev–Trinajstić information content (AvgIpc) is 2.57. The van der Waals surface area contributed by atoms with E-state index in [9.17, 15) is 9.59 Å². The van der Waals surface area contributed by atoms with Crippen molar-refractivity contribution in [2.24, 2.45) is 0 Å². The summed E-state index contributed by atoms with van der Waals surface area (Å²) in [5.41, 5.74) is 1.38. The first-order chi connectivity index (χ1) is 12.0. The van der Waals surface area contributed by atoms with Crippen molar-refractivity contribution in [3.63, 3.8) is 0 Å². The Hall–Kier alpha value is -2.79. The lowest BCUT2D eigenvalue weighted by Crippen LogP contribution is -2.15. The molecular weight excluding hydrogens is 342 g/mol. The van der Waals surface area contributed by atoms with E-state index in [1.165, 1.54) is 6.07 Å². The fourth-order valence-electron chi connectivity index (χ4n) is 2.51. The molecule has 0 bridgehead atoms. The number of rotatable bonds is 4. The number of hydrogen-bond acceptors (Lipinski definition) is 4. The van der Waals surface area contributed by atoms with Crippen LogP contribution in [0.5, 0.6) is 5.75 Å². The van der Waals surface area contributed by atoms with Gasteiger partial charge < -0.3 is 14.5 Å². The summed E-state index contributed by atoms with van der Waals surface area (Å²) in [5, 5.41) is 3.93. The van der Waals surface area contributed by atoms with Crippen LogP contribution in [0.25, 0.3) is 11.0 Å². The van der Waals surface area contributed by atoms with E-state index < -0.39 is 11.5 Å². The third kappa shape index (κ3) is 3.67. The van der Waals surface area contributed by atoms with E-state index in [0.717, 1.165) is 5.56 Å². The van der Waals surface area contributed by atoms with Crippen molar-refractivity contribution in [1.82, 2.24) is 0 Å². The van der Waals surface area contributed by atoms with Crippen LogP contribution in [-0.2, 0) is 0 Å². The minimum Gasteiger partial charge on any atom is -0.494 e. The van der Waals surface area contributed by atoms with E-state index in [0.29, 0.717) is 34.0 Å². The summed E-state index contributed by atoms with van der Waals surface area (Å²) >= 11 is 6.00. The number of carbonyl (C=O) groups excluding carboxylic acids is 1. The first kappa shape index (κ1) is 17.0.